The molecule has 8 aromatic carbocycles. The minimum atomic E-state index is 0.956. The number of hydrogen-bond acceptors (Lipinski definition) is 1. The van der Waals surface area contributed by atoms with Crippen LogP contribution in [0.2, 0.25) is 0 Å². The van der Waals surface area contributed by atoms with E-state index in [1.165, 1.54) is 88.0 Å². The van der Waals surface area contributed by atoms with Crippen LogP contribution in [-0.4, -0.2) is 9.38 Å². The first-order valence-electron chi connectivity index (χ1n) is 17.5. The van der Waals surface area contributed by atoms with Gasteiger partial charge >= 0.3 is 0 Å². The fourth-order valence-electron chi connectivity index (χ4n) is 8.51. The van der Waals surface area contributed by atoms with Gasteiger partial charge < -0.3 is 4.40 Å². The maximum absolute atomic E-state index is 4.86. The number of rotatable bonds is 4. The molecule has 0 amide bonds. The van der Waals surface area contributed by atoms with Gasteiger partial charge in [0.25, 0.3) is 0 Å². The van der Waals surface area contributed by atoms with Crippen LogP contribution < -0.4 is 0 Å². The molecular weight excluding hydrogens is 617 g/mol. The first kappa shape index (κ1) is 28.1. The summed E-state index contributed by atoms with van der Waals surface area (Å²) in [5.41, 5.74) is 15.9. The molecule has 0 atom stereocenters. The second-order valence-corrected chi connectivity index (χ2v) is 13.5. The Kier molecular flexibility index (Phi) is 5.99. The standard InChI is InChI=1S/C49H30N2/c1-3-12-31(13-4-1)45-39-16-7-8-17-40(39)46(32-14-5-2-6-15-32)49-42-26-25-37(38-18-11-19-41(47(38)42)48(45)49)35-23-21-34-29-36(24-22-33(34)28-35)43-30-51-27-10-9-20-44(51)50-43/h1-30H. The smallest absolute Gasteiger partial charge is 0.137 e. The Balaban J connectivity index is 1.13. The quantitative estimate of drug-likeness (QED) is 0.186. The van der Waals surface area contributed by atoms with Crippen LogP contribution in [-0.2, 0) is 0 Å². The lowest BCUT2D eigenvalue weighted by Crippen LogP contribution is -1.93. The zero-order chi connectivity index (χ0) is 33.5. The highest BCUT2D eigenvalue weighted by Crippen LogP contribution is 2.58. The van der Waals surface area contributed by atoms with Crippen molar-refractivity contribution >= 4 is 38.0 Å². The number of nitrogens with zero attached hydrogens (tertiary/aromatic N) is 2. The molecule has 0 unspecified atom stereocenters. The Bertz CT molecular complexity index is 2880. The molecule has 1 aliphatic carbocycles. The van der Waals surface area contributed by atoms with E-state index in [0.29, 0.717) is 0 Å². The van der Waals surface area contributed by atoms with Crippen molar-refractivity contribution in [1.82, 2.24) is 9.38 Å². The molecule has 2 heteroatoms. The van der Waals surface area contributed by atoms with Crippen molar-refractivity contribution in [3.8, 4) is 66.9 Å². The fourth-order valence-corrected chi connectivity index (χ4v) is 8.51. The summed E-state index contributed by atoms with van der Waals surface area (Å²) < 4.78 is 2.07. The van der Waals surface area contributed by atoms with Gasteiger partial charge in [0, 0.05) is 18.0 Å². The molecule has 0 saturated carbocycles. The number of benzene rings is 8. The normalized spacial score (nSPS) is 11.9. The highest BCUT2D eigenvalue weighted by atomic mass is 15.0. The Morgan fingerprint density at radius 3 is 1.63 bits per heavy atom. The minimum Gasteiger partial charge on any atom is -0.306 e. The lowest BCUT2D eigenvalue weighted by atomic mass is 9.82. The van der Waals surface area contributed by atoms with E-state index in [9.17, 15) is 0 Å². The van der Waals surface area contributed by atoms with Gasteiger partial charge in [0.1, 0.15) is 5.65 Å². The topological polar surface area (TPSA) is 17.3 Å². The lowest BCUT2D eigenvalue weighted by molar-refractivity contribution is 1.19. The van der Waals surface area contributed by atoms with Crippen LogP contribution in [0.5, 0.6) is 0 Å². The van der Waals surface area contributed by atoms with Gasteiger partial charge in [-0.1, -0.05) is 146 Å². The van der Waals surface area contributed by atoms with Gasteiger partial charge in [-0.25, -0.2) is 4.98 Å². The molecule has 51 heavy (non-hydrogen) atoms. The summed E-state index contributed by atoms with van der Waals surface area (Å²) in [6.45, 7) is 0. The molecule has 0 spiro atoms. The molecule has 11 rings (SSSR count). The SMILES string of the molecule is c1ccc(-c2c3c(c(-c4ccccc4)c4ccccc24)-c2ccc(-c4ccc5cc(-c6cn7ccccc7n6)ccc5c4)c4cccc-3c24)cc1. The molecule has 236 valence electrons. The molecule has 0 radical (unpaired) electrons. The number of aromatic nitrogens is 2. The zero-order valence-electron chi connectivity index (χ0n) is 27.7. The van der Waals surface area contributed by atoms with Crippen LogP contribution in [0.15, 0.2) is 182 Å². The summed E-state index contributed by atoms with van der Waals surface area (Å²) in [5.74, 6) is 0. The van der Waals surface area contributed by atoms with E-state index < -0.39 is 0 Å². The van der Waals surface area contributed by atoms with E-state index in [1.807, 2.05) is 24.4 Å². The van der Waals surface area contributed by atoms with Crippen LogP contribution in [0.4, 0.5) is 0 Å². The molecule has 10 aromatic rings. The van der Waals surface area contributed by atoms with E-state index in [0.717, 1.165) is 16.9 Å². The predicted molar refractivity (Wildman–Crippen MR) is 214 cm³/mol. The van der Waals surface area contributed by atoms with Crippen LogP contribution in [0.3, 0.4) is 0 Å². The molecule has 0 saturated heterocycles. The molecule has 0 bridgehead atoms. The van der Waals surface area contributed by atoms with Crippen LogP contribution in [0, 0.1) is 0 Å². The maximum atomic E-state index is 4.86. The van der Waals surface area contributed by atoms with E-state index in [2.05, 4.69) is 162 Å². The Hall–Kier alpha value is -6.77. The van der Waals surface area contributed by atoms with Crippen molar-refractivity contribution < 1.29 is 0 Å². The van der Waals surface area contributed by atoms with E-state index >= 15 is 0 Å². The van der Waals surface area contributed by atoms with Crippen molar-refractivity contribution in [2.45, 2.75) is 0 Å². The van der Waals surface area contributed by atoms with Gasteiger partial charge in [-0.3, -0.25) is 0 Å². The first-order valence-corrected chi connectivity index (χ1v) is 17.5. The number of imidazole rings is 1. The summed E-state index contributed by atoms with van der Waals surface area (Å²) in [6.07, 6.45) is 4.15. The number of fused-ring (bicyclic) bond motifs is 6. The fraction of sp³-hybridized carbons (Fsp3) is 0. The van der Waals surface area contributed by atoms with Crippen molar-refractivity contribution in [2.75, 3.05) is 0 Å². The van der Waals surface area contributed by atoms with Crippen LogP contribution in [0.1, 0.15) is 0 Å². The Morgan fingerprint density at radius 2 is 0.941 bits per heavy atom. The summed E-state index contributed by atoms with van der Waals surface area (Å²) >= 11 is 0. The second-order valence-electron chi connectivity index (χ2n) is 13.5. The van der Waals surface area contributed by atoms with Gasteiger partial charge in [-0.2, -0.15) is 0 Å². The van der Waals surface area contributed by atoms with Gasteiger partial charge in [0.15, 0.2) is 0 Å². The highest BCUT2D eigenvalue weighted by molar-refractivity contribution is 6.28. The molecule has 1 aliphatic rings. The lowest BCUT2D eigenvalue weighted by Gasteiger charge is -2.20. The third kappa shape index (κ3) is 4.20. The number of hydrogen-bond donors (Lipinski definition) is 0. The van der Waals surface area contributed by atoms with E-state index in [1.54, 1.807) is 0 Å². The first-order chi connectivity index (χ1) is 25.3. The molecule has 0 aliphatic heterocycles. The van der Waals surface area contributed by atoms with Crippen molar-refractivity contribution in [3.05, 3.63) is 182 Å². The minimum absolute atomic E-state index is 0.956. The molecule has 0 fully saturated rings. The average Bonchev–Trinajstić information content (AvgIpc) is 3.78. The molecular formula is C49H30N2. The van der Waals surface area contributed by atoms with Crippen molar-refractivity contribution in [1.29, 1.82) is 0 Å². The predicted octanol–water partition coefficient (Wildman–Crippen LogP) is 13.1. The van der Waals surface area contributed by atoms with Crippen LogP contribution >= 0.6 is 0 Å². The van der Waals surface area contributed by atoms with Gasteiger partial charge in [0.05, 0.1) is 5.69 Å². The summed E-state index contributed by atoms with van der Waals surface area (Å²) in [7, 11) is 0. The largest absolute Gasteiger partial charge is 0.306 e. The molecule has 0 N–H and O–H groups in total. The molecule has 2 nitrogen and oxygen atoms in total. The van der Waals surface area contributed by atoms with E-state index in [-0.39, 0.29) is 0 Å². The summed E-state index contributed by atoms with van der Waals surface area (Å²) in [6, 6.07) is 62.1. The number of pyridine rings is 1. The van der Waals surface area contributed by atoms with Gasteiger partial charge in [0.2, 0.25) is 0 Å². The van der Waals surface area contributed by atoms with Crippen molar-refractivity contribution in [3.63, 3.8) is 0 Å². The third-order valence-corrected chi connectivity index (χ3v) is 10.7. The van der Waals surface area contributed by atoms with Crippen molar-refractivity contribution in [2.24, 2.45) is 0 Å². The molecule has 2 heterocycles. The Labute approximate surface area is 295 Å². The van der Waals surface area contributed by atoms with Gasteiger partial charge in [-0.05, 0) is 112 Å². The zero-order valence-corrected chi connectivity index (χ0v) is 27.7. The maximum Gasteiger partial charge on any atom is 0.137 e. The molecule has 2 aromatic heterocycles. The summed E-state index contributed by atoms with van der Waals surface area (Å²) in [5, 5.41) is 7.60. The third-order valence-electron chi connectivity index (χ3n) is 10.7. The van der Waals surface area contributed by atoms with Gasteiger partial charge in [-0.15, -0.1) is 0 Å². The average molecular weight is 647 g/mol. The van der Waals surface area contributed by atoms with Crippen LogP contribution in [0.25, 0.3) is 105 Å². The monoisotopic (exact) mass is 646 g/mol. The Morgan fingerprint density at radius 1 is 0.373 bits per heavy atom. The summed E-state index contributed by atoms with van der Waals surface area (Å²) in [4.78, 5) is 4.86. The highest BCUT2D eigenvalue weighted by Gasteiger charge is 2.31. The van der Waals surface area contributed by atoms with E-state index in [4.69, 9.17) is 4.98 Å². The second kappa shape index (κ2) is 10.9.